The van der Waals surface area contributed by atoms with Gasteiger partial charge in [-0.3, -0.25) is 0 Å². The number of carboxylic acids is 1. The van der Waals surface area contributed by atoms with Crippen molar-refractivity contribution in [3.05, 3.63) is 23.8 Å². The molecular formula is C15H26O3. The molecule has 0 radical (unpaired) electrons. The molecule has 0 rings (SSSR count). The van der Waals surface area contributed by atoms with Crippen LogP contribution >= 0.6 is 0 Å². The second-order valence-corrected chi connectivity index (χ2v) is 5.47. The first-order valence-electron chi connectivity index (χ1n) is 6.40. The van der Waals surface area contributed by atoms with E-state index in [1.807, 2.05) is 12.2 Å². The van der Waals surface area contributed by atoms with Crippen LogP contribution in [0.5, 0.6) is 0 Å². The molecule has 0 aliphatic heterocycles. The number of rotatable bonds is 8. The number of carboxylic acid groups (broad SMARTS) is 1. The number of aliphatic carboxylic acids is 1. The molecule has 0 saturated carbocycles. The molecule has 0 saturated heterocycles. The molecule has 1 unspecified atom stereocenters. The highest BCUT2D eigenvalue weighted by molar-refractivity contribution is 5.81. The lowest BCUT2D eigenvalue weighted by Crippen LogP contribution is -2.22. The van der Waals surface area contributed by atoms with Crippen LogP contribution in [0, 0.1) is 5.92 Å². The van der Waals surface area contributed by atoms with Gasteiger partial charge in [-0.05, 0) is 51.5 Å². The van der Waals surface area contributed by atoms with Gasteiger partial charge in [-0.25, -0.2) is 4.79 Å². The molecule has 3 nitrogen and oxygen atoms in total. The lowest BCUT2D eigenvalue weighted by Gasteiger charge is -2.24. The molecule has 0 aromatic carbocycles. The number of allylic oxidation sites excluding steroid dienone is 3. The van der Waals surface area contributed by atoms with Gasteiger partial charge < -0.3 is 9.84 Å². The summed E-state index contributed by atoms with van der Waals surface area (Å²) < 4.78 is 5.38. The summed E-state index contributed by atoms with van der Waals surface area (Å²) >= 11 is 0. The molecule has 0 fully saturated rings. The van der Waals surface area contributed by atoms with Gasteiger partial charge in [0.25, 0.3) is 0 Å². The van der Waals surface area contributed by atoms with Crippen molar-refractivity contribution in [2.24, 2.45) is 5.92 Å². The summed E-state index contributed by atoms with van der Waals surface area (Å²) in [5.41, 5.74) is 0.712. The van der Waals surface area contributed by atoms with Crippen LogP contribution < -0.4 is 0 Å². The first-order chi connectivity index (χ1) is 8.26. The third-order valence-electron chi connectivity index (χ3n) is 3.06. The predicted octanol–water partition coefficient (Wildman–Crippen LogP) is 3.80. The molecule has 0 bridgehead atoms. The number of methoxy groups -OCH3 is 1. The van der Waals surface area contributed by atoms with E-state index in [2.05, 4.69) is 20.8 Å². The van der Waals surface area contributed by atoms with Gasteiger partial charge in [0, 0.05) is 13.2 Å². The van der Waals surface area contributed by atoms with Gasteiger partial charge in [0.15, 0.2) is 0 Å². The first-order valence-corrected chi connectivity index (χ1v) is 6.40. The Hall–Kier alpha value is -1.09. The summed E-state index contributed by atoms with van der Waals surface area (Å²) in [6, 6.07) is 0. The normalized spacial score (nSPS) is 15.1. The molecule has 104 valence electrons. The first kappa shape index (κ1) is 16.9. The van der Waals surface area contributed by atoms with Crippen molar-refractivity contribution in [3.8, 4) is 0 Å². The maximum atomic E-state index is 10.4. The molecule has 0 aromatic rings. The van der Waals surface area contributed by atoms with E-state index in [0.29, 0.717) is 5.92 Å². The van der Waals surface area contributed by atoms with Crippen LogP contribution in [-0.2, 0) is 9.53 Å². The van der Waals surface area contributed by atoms with Gasteiger partial charge in [0.2, 0.25) is 0 Å². The Balaban J connectivity index is 4.01. The molecule has 0 heterocycles. The van der Waals surface area contributed by atoms with Crippen molar-refractivity contribution >= 4 is 5.97 Å². The zero-order valence-electron chi connectivity index (χ0n) is 12.2. The van der Waals surface area contributed by atoms with Crippen LogP contribution in [0.1, 0.15) is 47.0 Å². The molecule has 0 aromatic heterocycles. The van der Waals surface area contributed by atoms with Gasteiger partial charge in [0.1, 0.15) is 0 Å². The Morgan fingerprint density at radius 2 is 2.06 bits per heavy atom. The van der Waals surface area contributed by atoms with Gasteiger partial charge in [0.05, 0.1) is 5.60 Å². The van der Waals surface area contributed by atoms with E-state index in [0.717, 1.165) is 24.8 Å². The fourth-order valence-electron chi connectivity index (χ4n) is 1.54. The van der Waals surface area contributed by atoms with Crippen LogP contribution in [-0.4, -0.2) is 23.8 Å². The maximum Gasteiger partial charge on any atom is 0.328 e. The van der Waals surface area contributed by atoms with Crippen molar-refractivity contribution in [2.45, 2.75) is 52.6 Å². The van der Waals surface area contributed by atoms with Gasteiger partial charge in [-0.2, -0.15) is 0 Å². The molecule has 18 heavy (non-hydrogen) atoms. The van der Waals surface area contributed by atoms with Crippen molar-refractivity contribution in [3.63, 3.8) is 0 Å². The topological polar surface area (TPSA) is 46.5 Å². The monoisotopic (exact) mass is 254 g/mol. The largest absolute Gasteiger partial charge is 0.478 e. The maximum absolute atomic E-state index is 10.4. The summed E-state index contributed by atoms with van der Waals surface area (Å²) in [4.78, 5) is 10.4. The molecule has 0 amide bonds. The summed E-state index contributed by atoms with van der Waals surface area (Å²) in [5.74, 6) is -0.319. The minimum Gasteiger partial charge on any atom is -0.478 e. The Morgan fingerprint density at radius 3 is 2.56 bits per heavy atom. The zero-order chi connectivity index (χ0) is 14.2. The van der Waals surface area contributed by atoms with E-state index in [9.17, 15) is 4.79 Å². The van der Waals surface area contributed by atoms with E-state index >= 15 is 0 Å². The fraction of sp³-hybridized carbons (Fsp3) is 0.667. The van der Waals surface area contributed by atoms with Crippen molar-refractivity contribution in [1.29, 1.82) is 0 Å². The second kappa shape index (κ2) is 8.09. The molecular weight excluding hydrogens is 228 g/mol. The fourth-order valence-corrected chi connectivity index (χ4v) is 1.54. The third-order valence-corrected chi connectivity index (χ3v) is 3.06. The highest BCUT2D eigenvalue weighted by Crippen LogP contribution is 2.21. The Morgan fingerprint density at radius 1 is 1.44 bits per heavy atom. The van der Waals surface area contributed by atoms with Crippen LogP contribution in [0.2, 0.25) is 0 Å². The Kier molecular flexibility index (Phi) is 7.60. The number of ether oxygens (including phenoxy) is 1. The van der Waals surface area contributed by atoms with Gasteiger partial charge in [-0.15, -0.1) is 0 Å². The quantitative estimate of drug-likeness (QED) is 0.529. The summed E-state index contributed by atoms with van der Waals surface area (Å²) in [6.45, 7) is 8.18. The molecule has 0 aliphatic rings. The van der Waals surface area contributed by atoms with E-state index in [4.69, 9.17) is 9.84 Å². The Bertz CT molecular complexity index is 314. The third kappa shape index (κ3) is 8.99. The average molecular weight is 254 g/mol. The number of hydrogen-bond acceptors (Lipinski definition) is 2. The van der Waals surface area contributed by atoms with Crippen LogP contribution in [0.4, 0.5) is 0 Å². The van der Waals surface area contributed by atoms with E-state index in [-0.39, 0.29) is 5.60 Å². The van der Waals surface area contributed by atoms with Crippen LogP contribution in [0.15, 0.2) is 23.8 Å². The number of hydrogen-bond donors (Lipinski definition) is 1. The lowest BCUT2D eigenvalue weighted by atomic mass is 9.94. The molecule has 0 spiro atoms. The zero-order valence-corrected chi connectivity index (χ0v) is 12.2. The lowest BCUT2D eigenvalue weighted by molar-refractivity contribution is -0.131. The summed E-state index contributed by atoms with van der Waals surface area (Å²) in [5, 5.41) is 8.57. The smallest absolute Gasteiger partial charge is 0.328 e. The van der Waals surface area contributed by atoms with Crippen molar-refractivity contribution < 1.29 is 14.6 Å². The van der Waals surface area contributed by atoms with E-state index in [1.54, 1.807) is 14.0 Å². The standard InChI is InChI=1S/C15H26O3/c1-12(9-10-15(3,4)18-5)7-6-8-13(2)11-14(16)17/h6,8,11-12H,7,9-10H2,1-5H3,(H,16,17)/b8-6+,13-11+. The summed E-state index contributed by atoms with van der Waals surface area (Å²) in [7, 11) is 1.74. The van der Waals surface area contributed by atoms with Crippen molar-refractivity contribution in [1.82, 2.24) is 0 Å². The predicted molar refractivity (Wildman–Crippen MR) is 74.6 cm³/mol. The average Bonchev–Trinajstić information content (AvgIpc) is 2.25. The molecule has 1 atom stereocenters. The minimum absolute atomic E-state index is 0.0584. The van der Waals surface area contributed by atoms with Gasteiger partial charge in [-0.1, -0.05) is 19.1 Å². The minimum atomic E-state index is -0.896. The highest BCUT2D eigenvalue weighted by Gasteiger charge is 2.16. The molecule has 0 aliphatic carbocycles. The van der Waals surface area contributed by atoms with E-state index in [1.165, 1.54) is 6.08 Å². The number of carbonyl (C=O) groups is 1. The molecule has 3 heteroatoms. The van der Waals surface area contributed by atoms with E-state index < -0.39 is 5.97 Å². The highest BCUT2D eigenvalue weighted by atomic mass is 16.5. The summed E-state index contributed by atoms with van der Waals surface area (Å²) in [6.07, 6.45) is 8.22. The molecule has 1 N–H and O–H groups in total. The van der Waals surface area contributed by atoms with Gasteiger partial charge >= 0.3 is 5.97 Å². The second-order valence-electron chi connectivity index (χ2n) is 5.47. The van der Waals surface area contributed by atoms with Crippen molar-refractivity contribution in [2.75, 3.05) is 7.11 Å². The Labute approximate surface area is 111 Å². The van der Waals surface area contributed by atoms with Crippen LogP contribution in [0.25, 0.3) is 0 Å². The SMILES string of the molecule is COC(C)(C)CCC(C)C/C=C/C(C)=C/C(=O)O. The van der Waals surface area contributed by atoms with Crippen LogP contribution in [0.3, 0.4) is 0 Å².